The monoisotopic (exact) mass is 576 g/mol. The van der Waals surface area contributed by atoms with Crippen molar-refractivity contribution in [1.29, 1.82) is 0 Å². The minimum Gasteiger partial charge on any atom is -0.342 e. The van der Waals surface area contributed by atoms with E-state index >= 15 is 0 Å². The Balaban J connectivity index is 1.21. The number of benzene rings is 1. The molecule has 4 heterocycles. The molecule has 216 valence electrons. The van der Waals surface area contributed by atoms with Crippen molar-refractivity contribution < 1.29 is 41.7 Å². The summed E-state index contributed by atoms with van der Waals surface area (Å²) >= 11 is 0. The van der Waals surface area contributed by atoms with Crippen LogP contribution in [0, 0.1) is 0 Å². The average Bonchev–Trinajstić information content (AvgIpc) is 3.37. The SMILES string of the molecule is C[C@H](NC(=O)[C@@H]1O[C@@H]2OC(C)(C)O[C@@H]2[C@H]2OC(C)(C)O[C@H]21)C(=O)Nc1ccc(S(=O)(=O)Nc2ccccn2)cc1. The number of ether oxygens (including phenoxy) is 5. The number of hydrogen-bond acceptors (Lipinski definition) is 10. The van der Waals surface area contributed by atoms with Crippen LogP contribution in [0.2, 0.25) is 0 Å². The molecule has 3 N–H and O–H groups in total. The van der Waals surface area contributed by atoms with Crippen LogP contribution in [0.4, 0.5) is 11.5 Å². The van der Waals surface area contributed by atoms with Crippen molar-refractivity contribution >= 4 is 33.3 Å². The second-order valence-electron chi connectivity index (χ2n) is 10.7. The van der Waals surface area contributed by atoms with Crippen LogP contribution in [-0.4, -0.2) is 73.5 Å². The van der Waals surface area contributed by atoms with E-state index in [-0.39, 0.29) is 10.7 Å². The minimum atomic E-state index is -3.87. The number of rotatable bonds is 7. The fourth-order valence-corrected chi connectivity index (χ4v) is 5.78. The third kappa shape index (κ3) is 5.96. The zero-order valence-corrected chi connectivity index (χ0v) is 23.4. The molecule has 0 bridgehead atoms. The van der Waals surface area contributed by atoms with Gasteiger partial charge in [-0.3, -0.25) is 14.3 Å². The third-order valence-electron chi connectivity index (χ3n) is 6.50. The summed E-state index contributed by atoms with van der Waals surface area (Å²) in [5.74, 6) is -2.82. The van der Waals surface area contributed by atoms with E-state index in [0.717, 1.165) is 0 Å². The molecule has 3 fully saturated rings. The summed E-state index contributed by atoms with van der Waals surface area (Å²) in [5.41, 5.74) is 0.340. The lowest BCUT2D eigenvalue weighted by Gasteiger charge is -2.36. The van der Waals surface area contributed by atoms with Gasteiger partial charge in [0.25, 0.3) is 15.9 Å². The Labute approximate surface area is 231 Å². The van der Waals surface area contributed by atoms with Gasteiger partial charge in [-0.25, -0.2) is 13.4 Å². The van der Waals surface area contributed by atoms with Crippen molar-refractivity contribution in [3.8, 4) is 0 Å². The van der Waals surface area contributed by atoms with Gasteiger partial charge in [0.2, 0.25) is 5.91 Å². The normalized spacial score (nSPS) is 29.1. The van der Waals surface area contributed by atoms with Crippen molar-refractivity contribution in [1.82, 2.24) is 10.3 Å². The highest BCUT2D eigenvalue weighted by molar-refractivity contribution is 7.92. The number of carbonyl (C=O) groups excluding carboxylic acids is 2. The van der Waals surface area contributed by atoms with Crippen LogP contribution in [0.15, 0.2) is 53.6 Å². The number of hydrogen-bond donors (Lipinski definition) is 3. The molecule has 0 unspecified atom stereocenters. The number of nitrogens with one attached hydrogen (secondary N) is 3. The number of amides is 2. The van der Waals surface area contributed by atoms with Crippen molar-refractivity contribution in [3.63, 3.8) is 0 Å². The van der Waals surface area contributed by atoms with E-state index in [2.05, 4.69) is 20.3 Å². The van der Waals surface area contributed by atoms with Gasteiger partial charge in [0.05, 0.1) is 4.90 Å². The van der Waals surface area contributed by atoms with E-state index in [0.29, 0.717) is 5.69 Å². The van der Waals surface area contributed by atoms with Gasteiger partial charge in [-0.05, 0) is 71.0 Å². The van der Waals surface area contributed by atoms with Crippen LogP contribution >= 0.6 is 0 Å². The molecular formula is C26H32N4O9S. The number of sulfonamides is 1. The molecule has 3 aliphatic heterocycles. The fourth-order valence-electron chi connectivity index (χ4n) is 4.77. The molecule has 0 spiro atoms. The molecule has 6 atom stereocenters. The van der Waals surface area contributed by atoms with Crippen LogP contribution in [0.1, 0.15) is 34.6 Å². The van der Waals surface area contributed by atoms with Crippen LogP contribution in [-0.2, 0) is 43.3 Å². The van der Waals surface area contributed by atoms with Gasteiger partial charge in [-0.15, -0.1) is 0 Å². The average molecular weight is 577 g/mol. The molecule has 1 aromatic heterocycles. The van der Waals surface area contributed by atoms with E-state index in [9.17, 15) is 18.0 Å². The Morgan fingerprint density at radius 2 is 1.55 bits per heavy atom. The summed E-state index contributed by atoms with van der Waals surface area (Å²) in [7, 11) is -3.87. The first kappa shape index (κ1) is 28.4. The summed E-state index contributed by atoms with van der Waals surface area (Å²) < 4.78 is 57.3. The Morgan fingerprint density at radius 1 is 0.900 bits per heavy atom. The zero-order valence-electron chi connectivity index (χ0n) is 22.6. The van der Waals surface area contributed by atoms with Crippen LogP contribution in [0.25, 0.3) is 0 Å². The van der Waals surface area contributed by atoms with Crippen molar-refractivity contribution in [3.05, 3.63) is 48.7 Å². The number of fused-ring (bicyclic) bond motifs is 3. The minimum absolute atomic E-state index is 0.0113. The Bertz CT molecular complexity index is 1370. The Kier molecular flexibility index (Phi) is 7.35. The highest BCUT2D eigenvalue weighted by atomic mass is 32.2. The topological polar surface area (TPSA) is 163 Å². The number of nitrogens with zero attached hydrogens (tertiary/aromatic N) is 1. The maximum atomic E-state index is 13.2. The quantitative estimate of drug-likeness (QED) is 0.442. The standard InChI is InChI=1S/C26H32N4O9S/c1-14(22(31)29-15-9-11-16(12-10-15)40(33,34)30-17-8-6-7-13-27-17)28-23(32)20-18-19(37-25(2,3)36-18)21-24(35-20)39-26(4,5)38-21/h6-14,18-21,24H,1-5H3,(H,27,30)(H,28,32)(H,29,31)/t14-,18+,19-,20+,21+,24+/m0/s1. The van der Waals surface area contributed by atoms with Gasteiger partial charge >= 0.3 is 0 Å². The van der Waals surface area contributed by atoms with Crippen LogP contribution in [0.5, 0.6) is 0 Å². The first-order chi connectivity index (χ1) is 18.7. The number of carbonyl (C=O) groups is 2. The lowest BCUT2D eigenvalue weighted by Crippen LogP contribution is -2.60. The molecule has 1 aromatic carbocycles. The Morgan fingerprint density at radius 3 is 2.23 bits per heavy atom. The molecule has 2 amide bonds. The molecule has 0 radical (unpaired) electrons. The predicted octanol–water partition coefficient (Wildman–Crippen LogP) is 1.72. The van der Waals surface area contributed by atoms with Gasteiger partial charge in [0, 0.05) is 11.9 Å². The van der Waals surface area contributed by atoms with Crippen LogP contribution < -0.4 is 15.4 Å². The molecule has 0 saturated carbocycles. The summed E-state index contributed by atoms with van der Waals surface area (Å²) in [6, 6.07) is 9.48. The molecule has 13 nitrogen and oxygen atoms in total. The van der Waals surface area contributed by atoms with Crippen molar-refractivity contribution in [2.45, 2.75) is 87.8 Å². The lowest BCUT2D eigenvalue weighted by atomic mass is 9.98. The number of pyridine rings is 1. The molecular weight excluding hydrogens is 544 g/mol. The van der Waals surface area contributed by atoms with E-state index in [1.807, 2.05) is 0 Å². The zero-order chi connectivity index (χ0) is 28.9. The highest BCUT2D eigenvalue weighted by Crippen LogP contribution is 2.44. The molecule has 3 aliphatic rings. The number of anilines is 2. The largest absolute Gasteiger partial charge is 0.342 e. The van der Waals surface area contributed by atoms with Crippen molar-refractivity contribution in [2.75, 3.05) is 10.0 Å². The van der Waals surface area contributed by atoms with Gasteiger partial charge < -0.3 is 34.3 Å². The Hall–Kier alpha value is -3.14. The molecule has 5 rings (SSSR count). The van der Waals surface area contributed by atoms with E-state index in [1.165, 1.54) is 43.5 Å². The lowest BCUT2D eigenvalue weighted by molar-refractivity contribution is -0.231. The van der Waals surface area contributed by atoms with E-state index in [1.54, 1.807) is 39.8 Å². The fraction of sp³-hybridized carbons (Fsp3) is 0.500. The van der Waals surface area contributed by atoms with Crippen LogP contribution in [0.3, 0.4) is 0 Å². The van der Waals surface area contributed by atoms with E-state index < -0.39 is 70.2 Å². The van der Waals surface area contributed by atoms with Gasteiger partial charge in [0.15, 0.2) is 24.0 Å². The molecule has 40 heavy (non-hydrogen) atoms. The summed E-state index contributed by atoms with van der Waals surface area (Å²) in [4.78, 5) is 30.0. The first-order valence-corrected chi connectivity index (χ1v) is 14.2. The molecule has 3 saturated heterocycles. The van der Waals surface area contributed by atoms with Gasteiger partial charge in [0.1, 0.15) is 30.2 Å². The smallest absolute Gasteiger partial charge is 0.263 e. The maximum absolute atomic E-state index is 13.2. The first-order valence-electron chi connectivity index (χ1n) is 12.7. The summed E-state index contributed by atoms with van der Waals surface area (Å²) in [5, 5.41) is 5.32. The second kappa shape index (κ2) is 10.4. The van der Waals surface area contributed by atoms with Gasteiger partial charge in [-0.2, -0.15) is 0 Å². The second-order valence-corrected chi connectivity index (χ2v) is 12.3. The molecule has 14 heteroatoms. The van der Waals surface area contributed by atoms with E-state index in [4.69, 9.17) is 23.7 Å². The third-order valence-corrected chi connectivity index (χ3v) is 7.87. The summed E-state index contributed by atoms with van der Waals surface area (Å²) in [6.45, 7) is 8.46. The molecule has 2 aromatic rings. The maximum Gasteiger partial charge on any atom is 0.263 e. The van der Waals surface area contributed by atoms with Crippen molar-refractivity contribution in [2.24, 2.45) is 0 Å². The van der Waals surface area contributed by atoms with Gasteiger partial charge in [-0.1, -0.05) is 6.07 Å². The number of aromatic nitrogens is 1. The molecule has 0 aliphatic carbocycles. The summed E-state index contributed by atoms with van der Waals surface area (Å²) in [6.07, 6.45) is -2.47. The highest BCUT2D eigenvalue weighted by Gasteiger charge is 2.62. The predicted molar refractivity (Wildman–Crippen MR) is 140 cm³/mol.